The number of nitro benzene ring substituents is 1. The molecule has 0 aliphatic rings. The molecule has 0 aliphatic heterocycles. The summed E-state index contributed by atoms with van der Waals surface area (Å²) in [6, 6.07) is 11.5. The van der Waals surface area contributed by atoms with E-state index in [1.807, 2.05) is 0 Å². The van der Waals surface area contributed by atoms with Gasteiger partial charge >= 0.3 is 6.01 Å². The Bertz CT molecular complexity index is 835. The molecule has 0 amide bonds. The van der Waals surface area contributed by atoms with Crippen molar-refractivity contribution >= 4 is 22.3 Å². The zero-order valence-electron chi connectivity index (χ0n) is 10.8. The summed E-state index contributed by atoms with van der Waals surface area (Å²) in [5.41, 5.74) is 5.59. The number of aromatic nitrogens is 2. The third-order valence-electron chi connectivity index (χ3n) is 2.91. The number of non-ortho nitro benzene ring substituents is 1. The van der Waals surface area contributed by atoms with Crippen LogP contribution in [0.15, 0.2) is 48.7 Å². The summed E-state index contributed by atoms with van der Waals surface area (Å²) in [7, 11) is 0. The average Bonchev–Trinajstić information content (AvgIpc) is 2.47. The predicted octanol–water partition coefficient (Wildman–Crippen LogP) is 2.91. The number of nitro groups is 1. The van der Waals surface area contributed by atoms with E-state index < -0.39 is 4.92 Å². The number of rotatable bonds is 3. The normalized spacial score (nSPS) is 10.5. The van der Waals surface area contributed by atoms with Gasteiger partial charge in [0.25, 0.3) is 5.69 Å². The number of hydrogen-bond donors (Lipinski definition) is 1. The van der Waals surface area contributed by atoms with Crippen LogP contribution in [0.3, 0.4) is 0 Å². The summed E-state index contributed by atoms with van der Waals surface area (Å²) >= 11 is 0. The van der Waals surface area contributed by atoms with Crippen LogP contribution in [0.1, 0.15) is 0 Å². The van der Waals surface area contributed by atoms with Gasteiger partial charge in [-0.15, -0.1) is 0 Å². The second-order valence-electron chi connectivity index (χ2n) is 4.25. The number of nitrogen functional groups attached to an aromatic ring is 1. The number of hydrogen-bond acceptors (Lipinski definition) is 6. The van der Waals surface area contributed by atoms with Crippen LogP contribution in [0, 0.1) is 10.1 Å². The molecule has 0 unspecified atom stereocenters. The zero-order chi connectivity index (χ0) is 14.8. The van der Waals surface area contributed by atoms with Crippen molar-refractivity contribution < 1.29 is 9.66 Å². The molecule has 7 nitrogen and oxygen atoms in total. The van der Waals surface area contributed by atoms with Gasteiger partial charge in [0.05, 0.1) is 10.3 Å². The highest BCUT2D eigenvalue weighted by molar-refractivity contribution is 5.95. The highest BCUT2D eigenvalue weighted by atomic mass is 16.6. The van der Waals surface area contributed by atoms with Crippen molar-refractivity contribution in [1.29, 1.82) is 0 Å². The smallest absolute Gasteiger partial charge is 0.323 e. The van der Waals surface area contributed by atoms with Gasteiger partial charge in [0.15, 0.2) is 0 Å². The molecule has 0 saturated heterocycles. The summed E-state index contributed by atoms with van der Waals surface area (Å²) in [5.74, 6) is 0.716. The molecular weight excluding hydrogens is 272 g/mol. The second-order valence-corrected chi connectivity index (χ2v) is 4.25. The van der Waals surface area contributed by atoms with Gasteiger partial charge in [-0.05, 0) is 18.2 Å². The Morgan fingerprint density at radius 3 is 2.57 bits per heavy atom. The Kier molecular flexibility index (Phi) is 3.07. The molecule has 0 atom stereocenters. The molecule has 2 aromatic carbocycles. The van der Waals surface area contributed by atoms with Crippen molar-refractivity contribution in [3.8, 4) is 11.8 Å². The van der Waals surface area contributed by atoms with Gasteiger partial charge in [0.2, 0.25) is 0 Å². The Morgan fingerprint density at radius 2 is 1.86 bits per heavy atom. The van der Waals surface area contributed by atoms with Crippen molar-refractivity contribution in [3.05, 3.63) is 58.8 Å². The van der Waals surface area contributed by atoms with E-state index in [4.69, 9.17) is 10.5 Å². The lowest BCUT2D eigenvalue weighted by molar-refractivity contribution is -0.383. The number of benzene rings is 2. The molecule has 0 radical (unpaired) electrons. The van der Waals surface area contributed by atoms with Crippen LogP contribution in [-0.2, 0) is 0 Å². The Labute approximate surface area is 119 Å². The largest absolute Gasteiger partial charge is 0.424 e. The maximum Gasteiger partial charge on any atom is 0.323 e. The molecule has 1 aromatic heterocycles. The van der Waals surface area contributed by atoms with E-state index in [0.717, 1.165) is 0 Å². The molecule has 104 valence electrons. The second kappa shape index (κ2) is 5.04. The van der Waals surface area contributed by atoms with Crippen LogP contribution in [0.5, 0.6) is 11.8 Å². The van der Waals surface area contributed by atoms with Gasteiger partial charge in [-0.2, -0.15) is 4.98 Å². The standard InChI is InChI=1S/C14H10N4O3/c15-13-7-8-16-14(17-13)21-12-6-5-11(18(19)20)9-3-1-2-4-10(9)12/h1-8H,(H2,15,16,17). The van der Waals surface area contributed by atoms with E-state index >= 15 is 0 Å². The molecule has 3 rings (SSSR count). The Morgan fingerprint density at radius 1 is 1.10 bits per heavy atom. The number of ether oxygens (including phenoxy) is 1. The highest BCUT2D eigenvalue weighted by Crippen LogP contribution is 2.34. The first-order chi connectivity index (χ1) is 10.1. The van der Waals surface area contributed by atoms with E-state index in [2.05, 4.69) is 9.97 Å². The van der Waals surface area contributed by atoms with Crippen LogP contribution < -0.4 is 10.5 Å². The van der Waals surface area contributed by atoms with Crippen molar-refractivity contribution in [2.45, 2.75) is 0 Å². The van der Waals surface area contributed by atoms with Crippen molar-refractivity contribution in [1.82, 2.24) is 9.97 Å². The fourth-order valence-electron chi connectivity index (χ4n) is 2.01. The van der Waals surface area contributed by atoms with Crippen LogP contribution in [0.25, 0.3) is 10.8 Å². The van der Waals surface area contributed by atoms with Gasteiger partial charge in [-0.25, -0.2) is 4.98 Å². The SMILES string of the molecule is Nc1ccnc(Oc2ccc([N+](=O)[O-])c3ccccc23)n1. The van der Waals surface area contributed by atoms with E-state index in [9.17, 15) is 10.1 Å². The van der Waals surface area contributed by atoms with Crippen LogP contribution in [-0.4, -0.2) is 14.9 Å². The minimum absolute atomic E-state index is 0.0199. The third-order valence-corrected chi connectivity index (χ3v) is 2.91. The molecular formula is C14H10N4O3. The fourth-order valence-corrected chi connectivity index (χ4v) is 2.01. The Balaban J connectivity index is 2.12. The van der Waals surface area contributed by atoms with E-state index in [0.29, 0.717) is 16.5 Å². The predicted molar refractivity (Wildman–Crippen MR) is 77.1 cm³/mol. The number of anilines is 1. The molecule has 2 N–H and O–H groups in total. The van der Waals surface area contributed by atoms with Gasteiger partial charge in [-0.1, -0.05) is 18.2 Å². The minimum Gasteiger partial charge on any atom is -0.424 e. The lowest BCUT2D eigenvalue weighted by Crippen LogP contribution is -1.97. The maximum atomic E-state index is 11.1. The molecule has 3 aromatic rings. The van der Waals surface area contributed by atoms with Gasteiger partial charge < -0.3 is 10.5 Å². The molecule has 21 heavy (non-hydrogen) atoms. The van der Waals surface area contributed by atoms with Gasteiger partial charge in [0, 0.05) is 17.6 Å². The lowest BCUT2D eigenvalue weighted by Gasteiger charge is -2.08. The van der Waals surface area contributed by atoms with E-state index in [-0.39, 0.29) is 17.5 Å². The fraction of sp³-hybridized carbons (Fsp3) is 0. The number of nitrogens with two attached hydrogens (primary N) is 1. The van der Waals surface area contributed by atoms with E-state index in [1.165, 1.54) is 18.3 Å². The topological polar surface area (TPSA) is 104 Å². The van der Waals surface area contributed by atoms with Crippen molar-refractivity contribution in [3.63, 3.8) is 0 Å². The van der Waals surface area contributed by atoms with Gasteiger partial charge in [0.1, 0.15) is 11.6 Å². The Hall–Kier alpha value is -3.22. The molecule has 0 bridgehead atoms. The minimum atomic E-state index is -0.427. The van der Waals surface area contributed by atoms with Gasteiger partial charge in [-0.3, -0.25) is 10.1 Å². The monoisotopic (exact) mass is 282 g/mol. The summed E-state index contributed by atoms with van der Waals surface area (Å²) < 4.78 is 5.58. The maximum absolute atomic E-state index is 11.1. The molecule has 0 spiro atoms. The first-order valence-electron chi connectivity index (χ1n) is 6.07. The summed E-state index contributed by atoms with van der Waals surface area (Å²) in [5, 5.41) is 12.2. The quantitative estimate of drug-likeness (QED) is 0.585. The molecule has 1 heterocycles. The summed E-state index contributed by atoms with van der Waals surface area (Å²) in [6.07, 6.45) is 1.48. The molecule has 7 heteroatoms. The first-order valence-corrected chi connectivity index (χ1v) is 6.07. The summed E-state index contributed by atoms with van der Waals surface area (Å²) in [4.78, 5) is 18.5. The highest BCUT2D eigenvalue weighted by Gasteiger charge is 2.15. The van der Waals surface area contributed by atoms with Crippen molar-refractivity contribution in [2.75, 3.05) is 5.73 Å². The molecule has 0 saturated carbocycles. The third kappa shape index (κ3) is 2.44. The van der Waals surface area contributed by atoms with Crippen LogP contribution in [0.2, 0.25) is 0 Å². The van der Waals surface area contributed by atoms with Crippen molar-refractivity contribution in [2.24, 2.45) is 0 Å². The molecule has 0 aliphatic carbocycles. The summed E-state index contributed by atoms with van der Waals surface area (Å²) in [6.45, 7) is 0. The number of fused-ring (bicyclic) bond motifs is 1. The first kappa shape index (κ1) is 12.8. The average molecular weight is 282 g/mol. The molecule has 0 fully saturated rings. The van der Waals surface area contributed by atoms with Crippen LogP contribution >= 0.6 is 0 Å². The number of nitrogens with zero attached hydrogens (tertiary/aromatic N) is 3. The lowest BCUT2D eigenvalue weighted by atomic mass is 10.1. The zero-order valence-corrected chi connectivity index (χ0v) is 10.8. The van der Waals surface area contributed by atoms with E-state index in [1.54, 1.807) is 30.3 Å². The van der Waals surface area contributed by atoms with Crippen LogP contribution in [0.4, 0.5) is 11.5 Å².